The summed E-state index contributed by atoms with van der Waals surface area (Å²) in [4.78, 5) is 6.29. The zero-order valence-electron chi connectivity index (χ0n) is 11.2. The van der Waals surface area contributed by atoms with Crippen LogP contribution in [0.4, 0.5) is 5.82 Å². The average Bonchev–Trinajstić information content (AvgIpc) is 2.85. The Morgan fingerprint density at radius 1 is 1.24 bits per heavy atom. The second kappa shape index (κ2) is 5.19. The molecule has 0 spiro atoms. The number of hydrogen-bond donors (Lipinski definition) is 4. The van der Waals surface area contributed by atoms with Gasteiger partial charge >= 0.3 is 0 Å². The van der Waals surface area contributed by atoms with E-state index in [0.29, 0.717) is 30.0 Å². The van der Waals surface area contributed by atoms with E-state index in [9.17, 15) is 10.2 Å². The predicted molar refractivity (Wildman–Crippen MR) is 78.5 cm³/mol. The van der Waals surface area contributed by atoms with Gasteiger partial charge in [0.15, 0.2) is 5.84 Å². The van der Waals surface area contributed by atoms with E-state index in [-0.39, 0.29) is 5.84 Å². The number of para-hydroxylation sites is 1. The highest BCUT2D eigenvalue weighted by molar-refractivity contribution is 6.08. The van der Waals surface area contributed by atoms with Crippen molar-refractivity contribution in [3.63, 3.8) is 0 Å². The lowest BCUT2D eigenvalue weighted by molar-refractivity contribution is 0.0572. The van der Waals surface area contributed by atoms with Crippen LogP contribution in [0.2, 0.25) is 0 Å². The van der Waals surface area contributed by atoms with E-state index in [1.807, 2.05) is 24.3 Å². The highest BCUT2D eigenvalue weighted by Crippen LogP contribution is 2.25. The minimum atomic E-state index is -0.800. The van der Waals surface area contributed by atoms with E-state index in [0.717, 1.165) is 5.39 Å². The number of fused-ring (bicyclic) bond motifs is 1. The molecule has 0 saturated carbocycles. The molecular formula is C14H16N4O3. The number of rotatable bonds is 2. The van der Waals surface area contributed by atoms with Gasteiger partial charge in [-0.3, -0.25) is 0 Å². The first-order valence-corrected chi connectivity index (χ1v) is 6.59. The predicted octanol–water partition coefficient (Wildman–Crippen LogP) is -0.129. The van der Waals surface area contributed by atoms with Gasteiger partial charge in [0.2, 0.25) is 0 Å². The van der Waals surface area contributed by atoms with Crippen molar-refractivity contribution in [2.24, 2.45) is 10.9 Å². The van der Waals surface area contributed by atoms with Crippen LogP contribution in [0, 0.1) is 0 Å². The summed E-state index contributed by atoms with van der Waals surface area (Å²) in [6.45, 7) is 0.588. The number of nitrogens with two attached hydrogens (primary N) is 1. The number of β-amino-alcohol motifs (C(OH)–C–C–N with tert-alkyl or cyclic N) is 2. The molecule has 1 aliphatic rings. The molecular weight excluding hydrogens is 272 g/mol. The summed E-state index contributed by atoms with van der Waals surface area (Å²) in [5.41, 5.74) is 7.00. The Morgan fingerprint density at radius 2 is 1.90 bits per heavy atom. The second-order valence-corrected chi connectivity index (χ2v) is 5.07. The number of aromatic nitrogens is 1. The second-order valence-electron chi connectivity index (χ2n) is 5.07. The zero-order valence-corrected chi connectivity index (χ0v) is 11.2. The number of oxime groups is 1. The van der Waals surface area contributed by atoms with E-state index in [4.69, 9.17) is 10.9 Å². The molecule has 1 saturated heterocycles. The van der Waals surface area contributed by atoms with Gasteiger partial charge in [0.05, 0.1) is 17.7 Å². The van der Waals surface area contributed by atoms with Crippen molar-refractivity contribution in [1.29, 1.82) is 0 Å². The summed E-state index contributed by atoms with van der Waals surface area (Å²) >= 11 is 0. The van der Waals surface area contributed by atoms with Crippen LogP contribution < -0.4 is 10.6 Å². The Balaban J connectivity index is 2.12. The van der Waals surface area contributed by atoms with Gasteiger partial charge in [0.25, 0.3) is 0 Å². The first-order valence-electron chi connectivity index (χ1n) is 6.59. The SMILES string of the molecule is N/C(=N/O)c1cc(N2CC(O)C(O)C2)nc2ccccc12. The average molecular weight is 288 g/mol. The van der Waals surface area contributed by atoms with Gasteiger partial charge < -0.3 is 26.1 Å². The van der Waals surface area contributed by atoms with Gasteiger partial charge in [-0.2, -0.15) is 0 Å². The molecule has 3 rings (SSSR count). The number of hydrogen-bond acceptors (Lipinski definition) is 6. The quantitative estimate of drug-likeness (QED) is 0.265. The number of amidine groups is 1. The first kappa shape index (κ1) is 13.6. The van der Waals surface area contributed by atoms with Crippen LogP contribution in [-0.4, -0.2) is 51.5 Å². The molecule has 0 amide bonds. The lowest BCUT2D eigenvalue weighted by Gasteiger charge is -2.18. The van der Waals surface area contributed by atoms with Gasteiger partial charge in [0, 0.05) is 24.0 Å². The summed E-state index contributed by atoms with van der Waals surface area (Å²) in [6, 6.07) is 9.06. The largest absolute Gasteiger partial charge is 0.409 e. The monoisotopic (exact) mass is 288 g/mol. The number of anilines is 1. The van der Waals surface area contributed by atoms with Crippen molar-refractivity contribution in [1.82, 2.24) is 4.98 Å². The molecule has 1 aliphatic heterocycles. The van der Waals surface area contributed by atoms with Gasteiger partial charge in [-0.15, -0.1) is 0 Å². The Morgan fingerprint density at radius 3 is 2.57 bits per heavy atom. The lowest BCUT2D eigenvalue weighted by Crippen LogP contribution is -2.23. The van der Waals surface area contributed by atoms with Crippen molar-refractivity contribution in [3.05, 3.63) is 35.9 Å². The maximum Gasteiger partial charge on any atom is 0.170 e. The molecule has 2 unspecified atom stereocenters. The molecule has 0 radical (unpaired) electrons. The molecule has 2 heterocycles. The molecule has 0 aliphatic carbocycles. The summed E-state index contributed by atoms with van der Waals surface area (Å²) < 4.78 is 0. The van der Waals surface area contributed by atoms with Crippen molar-refractivity contribution < 1.29 is 15.4 Å². The van der Waals surface area contributed by atoms with Gasteiger partial charge in [-0.05, 0) is 12.1 Å². The maximum absolute atomic E-state index is 9.66. The first-order chi connectivity index (χ1) is 10.1. The van der Waals surface area contributed by atoms with Crippen molar-refractivity contribution in [2.75, 3.05) is 18.0 Å². The summed E-state index contributed by atoms with van der Waals surface area (Å²) in [7, 11) is 0. The van der Waals surface area contributed by atoms with E-state index < -0.39 is 12.2 Å². The molecule has 1 aromatic heterocycles. The third kappa shape index (κ3) is 2.37. The standard InChI is InChI=1S/C14H16N4O3/c15-14(17-21)9-5-13(18-6-11(19)12(20)7-18)16-10-4-2-1-3-8(9)10/h1-5,11-12,19-21H,6-7H2,(H2,15,17). The van der Waals surface area contributed by atoms with Crippen molar-refractivity contribution >= 4 is 22.6 Å². The van der Waals surface area contributed by atoms with E-state index in [1.165, 1.54) is 0 Å². The maximum atomic E-state index is 9.66. The molecule has 110 valence electrons. The molecule has 1 aromatic carbocycles. The topological polar surface area (TPSA) is 115 Å². The summed E-state index contributed by atoms with van der Waals surface area (Å²) in [5.74, 6) is 0.570. The smallest absolute Gasteiger partial charge is 0.170 e. The van der Waals surface area contributed by atoms with Crippen molar-refractivity contribution in [3.8, 4) is 0 Å². The molecule has 0 bridgehead atoms. The highest BCUT2D eigenvalue weighted by Gasteiger charge is 2.30. The lowest BCUT2D eigenvalue weighted by atomic mass is 10.1. The van der Waals surface area contributed by atoms with Crippen LogP contribution in [0.1, 0.15) is 5.56 Å². The zero-order chi connectivity index (χ0) is 15.0. The van der Waals surface area contributed by atoms with Gasteiger partial charge in [-0.1, -0.05) is 23.4 Å². The van der Waals surface area contributed by atoms with Gasteiger partial charge in [0.1, 0.15) is 5.82 Å². The Kier molecular flexibility index (Phi) is 3.36. The van der Waals surface area contributed by atoms with Crippen LogP contribution in [0.15, 0.2) is 35.5 Å². The van der Waals surface area contributed by atoms with E-state index in [2.05, 4.69) is 10.1 Å². The normalized spacial score (nSPS) is 23.0. The van der Waals surface area contributed by atoms with Crippen LogP contribution in [0.5, 0.6) is 0 Å². The third-order valence-electron chi connectivity index (χ3n) is 3.67. The van der Waals surface area contributed by atoms with Crippen LogP contribution in [-0.2, 0) is 0 Å². The van der Waals surface area contributed by atoms with Crippen LogP contribution >= 0.6 is 0 Å². The minimum Gasteiger partial charge on any atom is -0.409 e. The minimum absolute atomic E-state index is 0.00450. The highest BCUT2D eigenvalue weighted by atomic mass is 16.4. The fourth-order valence-electron chi connectivity index (χ4n) is 2.55. The molecule has 2 aromatic rings. The van der Waals surface area contributed by atoms with Crippen LogP contribution in [0.25, 0.3) is 10.9 Å². The van der Waals surface area contributed by atoms with E-state index in [1.54, 1.807) is 11.0 Å². The number of pyridine rings is 1. The Labute approximate surface area is 120 Å². The third-order valence-corrected chi connectivity index (χ3v) is 3.67. The number of benzene rings is 1. The van der Waals surface area contributed by atoms with Crippen molar-refractivity contribution in [2.45, 2.75) is 12.2 Å². The summed E-state index contributed by atoms with van der Waals surface area (Å²) in [5, 5.41) is 32.1. The number of nitrogens with zero attached hydrogens (tertiary/aromatic N) is 3. The van der Waals surface area contributed by atoms with Crippen LogP contribution in [0.3, 0.4) is 0 Å². The molecule has 7 nitrogen and oxygen atoms in total. The Hall–Kier alpha value is -2.38. The number of aliphatic hydroxyl groups excluding tert-OH is 2. The van der Waals surface area contributed by atoms with E-state index >= 15 is 0 Å². The molecule has 7 heteroatoms. The Bertz CT molecular complexity index is 694. The number of aliphatic hydroxyl groups is 2. The molecule has 5 N–H and O–H groups in total. The fourth-order valence-corrected chi connectivity index (χ4v) is 2.55. The van der Waals surface area contributed by atoms with Gasteiger partial charge in [-0.25, -0.2) is 4.98 Å². The molecule has 2 atom stereocenters. The summed E-state index contributed by atoms with van der Waals surface area (Å²) in [6.07, 6.45) is -1.60. The molecule has 1 fully saturated rings. The fraction of sp³-hybridized carbons (Fsp3) is 0.286. The molecule has 21 heavy (non-hydrogen) atoms.